The van der Waals surface area contributed by atoms with Crippen molar-refractivity contribution in [1.29, 1.82) is 0 Å². The van der Waals surface area contributed by atoms with Gasteiger partial charge in [0.2, 0.25) is 0 Å². The molecule has 4 heteroatoms. The lowest BCUT2D eigenvalue weighted by Gasteiger charge is -2.25. The average molecular weight is 383 g/mol. The Balaban J connectivity index is 2.34. The van der Waals surface area contributed by atoms with Crippen molar-refractivity contribution < 1.29 is 13.5 Å². The van der Waals surface area contributed by atoms with E-state index in [4.69, 9.17) is 0 Å². The summed E-state index contributed by atoms with van der Waals surface area (Å²) in [6, 6.07) is 12.9. The van der Waals surface area contributed by atoms with Crippen molar-refractivity contribution in [2.45, 2.75) is 33.8 Å². The Morgan fingerprint density at radius 1 is 1.07 bits per heavy atom. The van der Waals surface area contributed by atoms with E-state index in [2.05, 4.69) is 49.9 Å². The molecule has 0 spiro atoms. The van der Waals surface area contributed by atoms with E-state index in [9.17, 15) is 8.78 Å². The van der Waals surface area contributed by atoms with Crippen molar-refractivity contribution in [3.05, 3.63) is 89.7 Å². The van der Waals surface area contributed by atoms with Gasteiger partial charge >= 0.3 is 6.11 Å². The fourth-order valence-corrected chi connectivity index (χ4v) is 3.10. The van der Waals surface area contributed by atoms with Crippen molar-refractivity contribution in [1.82, 2.24) is 0 Å². The number of rotatable bonds is 7. The molecule has 2 nitrogen and oxygen atoms in total. The van der Waals surface area contributed by atoms with Crippen LogP contribution in [0.2, 0.25) is 0 Å². The Hall–Kier alpha value is -2.88. The first-order valence-electron chi connectivity index (χ1n) is 9.03. The van der Waals surface area contributed by atoms with Gasteiger partial charge in [-0.05, 0) is 72.9 Å². The van der Waals surface area contributed by atoms with Gasteiger partial charge in [-0.25, -0.2) is 0 Å². The van der Waals surface area contributed by atoms with E-state index in [-0.39, 0.29) is 5.75 Å². The molecule has 0 saturated carbocycles. The van der Waals surface area contributed by atoms with E-state index < -0.39 is 6.11 Å². The Labute approximate surface area is 166 Å². The number of ether oxygens (including phenoxy) is 1. The predicted molar refractivity (Wildman–Crippen MR) is 114 cm³/mol. The lowest BCUT2D eigenvalue weighted by Crippen LogP contribution is -2.19. The summed E-state index contributed by atoms with van der Waals surface area (Å²) in [6.45, 7) is 15.0. The lowest BCUT2D eigenvalue weighted by atomic mass is 9.98. The minimum Gasteiger partial charge on any atom is -0.433 e. The molecule has 0 amide bonds. The smallest absolute Gasteiger partial charge is 0.394 e. The molecule has 0 aromatic heterocycles. The molecule has 0 bridgehead atoms. The van der Waals surface area contributed by atoms with Crippen molar-refractivity contribution in [3.63, 3.8) is 0 Å². The molecule has 0 aliphatic heterocycles. The summed E-state index contributed by atoms with van der Waals surface area (Å²) in [4.78, 5) is 2.04. The Bertz CT molecular complexity index is 885. The zero-order valence-corrected chi connectivity index (χ0v) is 17.1. The van der Waals surface area contributed by atoms with Gasteiger partial charge in [-0.3, -0.25) is 0 Å². The van der Waals surface area contributed by atoms with Gasteiger partial charge in [0.25, 0.3) is 0 Å². The minimum absolute atomic E-state index is 0.114. The molecule has 28 heavy (non-hydrogen) atoms. The third kappa shape index (κ3) is 5.32. The molecule has 2 aromatic rings. The number of hydrogen-bond acceptors (Lipinski definition) is 2. The van der Waals surface area contributed by atoms with E-state index in [1.165, 1.54) is 23.3 Å². The van der Waals surface area contributed by atoms with Crippen molar-refractivity contribution >= 4 is 11.3 Å². The molecule has 0 unspecified atom stereocenters. The van der Waals surface area contributed by atoms with Crippen molar-refractivity contribution in [2.24, 2.45) is 0 Å². The quantitative estimate of drug-likeness (QED) is 0.482. The van der Waals surface area contributed by atoms with E-state index in [0.717, 1.165) is 28.1 Å². The maximum Gasteiger partial charge on any atom is 0.394 e. The second kappa shape index (κ2) is 8.42. The highest BCUT2D eigenvalue weighted by Crippen LogP contribution is 2.30. The molecule has 148 valence electrons. The number of hydrogen-bond donors (Lipinski definition) is 0. The van der Waals surface area contributed by atoms with E-state index in [1.807, 2.05) is 18.9 Å². The van der Waals surface area contributed by atoms with Crippen LogP contribution in [-0.4, -0.2) is 13.2 Å². The van der Waals surface area contributed by atoms with Crippen LogP contribution in [0.3, 0.4) is 0 Å². The Morgan fingerprint density at radius 3 is 2.07 bits per heavy atom. The highest BCUT2D eigenvalue weighted by Gasteiger charge is 2.23. The Morgan fingerprint density at radius 2 is 1.61 bits per heavy atom. The van der Waals surface area contributed by atoms with Crippen LogP contribution >= 0.6 is 0 Å². The molecule has 0 aliphatic carbocycles. The number of alkyl halides is 2. The monoisotopic (exact) mass is 383 g/mol. The molecule has 0 saturated heterocycles. The second-order valence-corrected chi connectivity index (χ2v) is 7.03. The molecule has 2 aromatic carbocycles. The molecular formula is C24H27F2NO. The van der Waals surface area contributed by atoms with Crippen LogP contribution in [0.5, 0.6) is 5.75 Å². The second-order valence-electron chi connectivity index (χ2n) is 7.03. The van der Waals surface area contributed by atoms with E-state index in [0.29, 0.717) is 6.92 Å². The standard InChI is InChI=1S/C24H27F2NO/c1-8-23(20-9-11-22(12-10-20)28-24(6,25)26)18(4)19(5)27(7)21-14-16(2)13-17(3)15-21/h8-15H,1,5H2,2-4,6-7H3/b23-18+. The molecule has 0 aliphatic rings. The van der Waals surface area contributed by atoms with E-state index >= 15 is 0 Å². The SMILES string of the molecule is C=C/C(=C(/C)C(=C)N(C)c1cc(C)cc(C)c1)c1ccc(OC(C)(F)F)cc1. The van der Waals surface area contributed by atoms with Crippen LogP contribution in [0.15, 0.2) is 73.0 Å². The van der Waals surface area contributed by atoms with Gasteiger partial charge < -0.3 is 9.64 Å². The largest absolute Gasteiger partial charge is 0.433 e. The van der Waals surface area contributed by atoms with Gasteiger partial charge in [0, 0.05) is 25.4 Å². The van der Waals surface area contributed by atoms with Crippen LogP contribution in [-0.2, 0) is 0 Å². The van der Waals surface area contributed by atoms with Gasteiger partial charge in [0.1, 0.15) is 5.75 Å². The van der Waals surface area contributed by atoms with Crippen molar-refractivity contribution in [3.8, 4) is 5.75 Å². The normalized spacial score (nSPS) is 12.2. The maximum absolute atomic E-state index is 13.0. The number of halogens is 2. The number of benzene rings is 2. The summed E-state index contributed by atoms with van der Waals surface area (Å²) in [5.41, 5.74) is 6.95. The third-order valence-corrected chi connectivity index (χ3v) is 4.50. The van der Waals surface area contributed by atoms with Gasteiger partial charge in [0.05, 0.1) is 0 Å². The third-order valence-electron chi connectivity index (χ3n) is 4.50. The Kier molecular flexibility index (Phi) is 6.45. The fraction of sp³-hybridized carbons (Fsp3) is 0.250. The highest BCUT2D eigenvalue weighted by atomic mass is 19.3. The topological polar surface area (TPSA) is 12.5 Å². The van der Waals surface area contributed by atoms with Crippen molar-refractivity contribution in [2.75, 3.05) is 11.9 Å². The molecular weight excluding hydrogens is 356 g/mol. The fourth-order valence-electron chi connectivity index (χ4n) is 3.10. The summed E-state index contributed by atoms with van der Waals surface area (Å²) < 4.78 is 30.6. The van der Waals surface area contributed by atoms with Crippen LogP contribution < -0.4 is 9.64 Å². The first-order chi connectivity index (χ1) is 13.0. The molecule has 0 atom stereocenters. The van der Waals surface area contributed by atoms with Gasteiger partial charge in [-0.2, -0.15) is 8.78 Å². The first kappa shape index (κ1) is 21.4. The molecule has 0 N–H and O–H groups in total. The summed E-state index contributed by atoms with van der Waals surface area (Å²) >= 11 is 0. The van der Waals surface area contributed by atoms with Gasteiger partial charge in [-0.15, -0.1) is 0 Å². The molecule has 0 radical (unpaired) electrons. The zero-order valence-electron chi connectivity index (χ0n) is 17.1. The summed E-state index contributed by atoms with van der Waals surface area (Å²) in [6.07, 6.45) is -1.46. The summed E-state index contributed by atoms with van der Waals surface area (Å²) in [5.74, 6) is 0.114. The van der Waals surface area contributed by atoms with E-state index in [1.54, 1.807) is 18.2 Å². The van der Waals surface area contributed by atoms with Crippen LogP contribution in [0, 0.1) is 13.8 Å². The highest BCUT2D eigenvalue weighted by molar-refractivity contribution is 5.80. The van der Waals surface area contributed by atoms with Crippen LogP contribution in [0.25, 0.3) is 5.57 Å². The minimum atomic E-state index is -3.21. The number of aryl methyl sites for hydroxylation is 2. The average Bonchev–Trinajstić information content (AvgIpc) is 2.60. The summed E-state index contributed by atoms with van der Waals surface area (Å²) in [5, 5.41) is 0. The first-order valence-corrected chi connectivity index (χ1v) is 9.03. The molecule has 0 heterocycles. The number of anilines is 1. The number of allylic oxidation sites excluding steroid dienone is 3. The maximum atomic E-state index is 13.0. The summed E-state index contributed by atoms with van der Waals surface area (Å²) in [7, 11) is 1.97. The predicted octanol–water partition coefficient (Wildman–Crippen LogP) is 6.90. The number of nitrogens with zero attached hydrogens (tertiary/aromatic N) is 1. The van der Waals surface area contributed by atoms with Gasteiger partial charge in [0.15, 0.2) is 0 Å². The number of likely N-dealkylation sites (N-methyl/N-ethyl adjacent to an activating group) is 1. The van der Waals surface area contributed by atoms with Crippen LogP contribution in [0.4, 0.5) is 14.5 Å². The molecule has 0 fully saturated rings. The lowest BCUT2D eigenvalue weighted by molar-refractivity contribution is -0.158. The molecule has 2 rings (SSSR count). The van der Waals surface area contributed by atoms with Crippen LogP contribution in [0.1, 0.15) is 30.5 Å². The van der Waals surface area contributed by atoms with Gasteiger partial charge in [-0.1, -0.05) is 37.4 Å². The zero-order chi connectivity index (χ0) is 21.1.